The molecule has 1 aliphatic rings. The molecule has 0 saturated heterocycles. The minimum Gasteiger partial charge on any atom is -0.423 e. The van der Waals surface area contributed by atoms with Crippen LogP contribution >= 0.6 is 0 Å². The van der Waals surface area contributed by atoms with Gasteiger partial charge in [-0.25, -0.2) is 9.59 Å². The average molecular weight is 457 g/mol. The topological polar surface area (TPSA) is 69.7 Å². The van der Waals surface area contributed by atoms with E-state index in [0.29, 0.717) is 34.4 Å². The molecular formula is C29H28O5. The first-order valence-electron chi connectivity index (χ1n) is 11.8. The molecule has 0 bridgehead atoms. The van der Waals surface area contributed by atoms with Gasteiger partial charge in [-0.05, 0) is 66.8 Å². The van der Waals surface area contributed by atoms with Crippen molar-refractivity contribution in [2.24, 2.45) is 0 Å². The quantitative estimate of drug-likeness (QED) is 0.300. The maximum atomic E-state index is 12.7. The fraction of sp³-hybridized carbons (Fsp3) is 0.276. The van der Waals surface area contributed by atoms with Crippen LogP contribution in [-0.4, -0.2) is 17.7 Å². The molecule has 3 aromatic rings. The van der Waals surface area contributed by atoms with Crippen LogP contribution in [0, 0.1) is 0 Å². The van der Waals surface area contributed by atoms with Crippen LogP contribution in [0.25, 0.3) is 0 Å². The average Bonchev–Trinajstić information content (AvgIpc) is 3.24. The summed E-state index contributed by atoms with van der Waals surface area (Å²) in [5.74, 6) is -0.614. The third-order valence-electron chi connectivity index (χ3n) is 5.97. The zero-order chi connectivity index (χ0) is 24.1. The van der Waals surface area contributed by atoms with E-state index in [1.807, 2.05) is 24.3 Å². The van der Waals surface area contributed by atoms with Crippen molar-refractivity contribution >= 4 is 17.7 Å². The summed E-state index contributed by atoms with van der Waals surface area (Å²) in [6, 6.07) is 17.7. The number of carbonyl (C=O) groups excluding carboxylic acids is 3. The molecule has 5 nitrogen and oxygen atoms in total. The van der Waals surface area contributed by atoms with E-state index < -0.39 is 11.9 Å². The van der Waals surface area contributed by atoms with Gasteiger partial charge < -0.3 is 9.47 Å². The first-order valence-corrected chi connectivity index (χ1v) is 11.8. The Bertz CT molecular complexity index is 1210. The van der Waals surface area contributed by atoms with Gasteiger partial charge in [-0.3, -0.25) is 4.79 Å². The highest BCUT2D eigenvalue weighted by molar-refractivity contribution is 6.05. The third-order valence-corrected chi connectivity index (χ3v) is 5.97. The van der Waals surface area contributed by atoms with Crippen molar-refractivity contribution in [2.45, 2.75) is 52.4 Å². The smallest absolute Gasteiger partial charge is 0.343 e. The highest BCUT2D eigenvalue weighted by Gasteiger charge is 2.29. The number of esters is 2. The monoisotopic (exact) mass is 456 g/mol. The molecule has 0 unspecified atom stereocenters. The summed E-state index contributed by atoms with van der Waals surface area (Å²) >= 11 is 0. The van der Waals surface area contributed by atoms with Crippen molar-refractivity contribution < 1.29 is 23.9 Å². The van der Waals surface area contributed by atoms with Crippen molar-refractivity contribution in [3.05, 3.63) is 94.0 Å². The van der Waals surface area contributed by atoms with Crippen molar-refractivity contribution in [3.8, 4) is 11.5 Å². The summed E-state index contributed by atoms with van der Waals surface area (Å²) < 4.78 is 11.2. The molecule has 0 amide bonds. The first-order chi connectivity index (χ1) is 16.5. The van der Waals surface area contributed by atoms with Crippen LogP contribution in [-0.2, 0) is 19.3 Å². The van der Waals surface area contributed by atoms with Crippen LogP contribution in [0.1, 0.15) is 80.9 Å². The second-order valence-electron chi connectivity index (χ2n) is 8.51. The van der Waals surface area contributed by atoms with Gasteiger partial charge in [-0.1, -0.05) is 51.0 Å². The van der Waals surface area contributed by atoms with E-state index in [1.165, 1.54) is 6.07 Å². The number of rotatable bonds is 8. The Labute approximate surface area is 199 Å². The number of Topliss-reactive ketones (excluding diaryl/α,β-unsaturated/α-hetero) is 1. The number of hydrogen-bond donors (Lipinski definition) is 0. The summed E-state index contributed by atoms with van der Waals surface area (Å²) in [5.41, 5.74) is 4.10. The van der Waals surface area contributed by atoms with Gasteiger partial charge in [0.15, 0.2) is 5.78 Å². The molecule has 4 rings (SSSR count). The van der Waals surface area contributed by atoms with Crippen molar-refractivity contribution in [1.82, 2.24) is 0 Å². The zero-order valence-corrected chi connectivity index (χ0v) is 19.6. The lowest BCUT2D eigenvalue weighted by molar-refractivity contribution is 0.0716. The van der Waals surface area contributed by atoms with Crippen LogP contribution in [0.4, 0.5) is 0 Å². The second kappa shape index (κ2) is 10.5. The lowest BCUT2D eigenvalue weighted by Crippen LogP contribution is -2.13. The minimum absolute atomic E-state index is 0.127. The number of ether oxygens (including phenoxy) is 2. The molecule has 0 atom stereocenters. The molecule has 3 aromatic carbocycles. The van der Waals surface area contributed by atoms with Crippen molar-refractivity contribution in [1.29, 1.82) is 0 Å². The number of aryl methyl sites for hydroxylation is 2. The Hall–Kier alpha value is -3.73. The predicted octanol–water partition coefficient (Wildman–Crippen LogP) is 6.16. The van der Waals surface area contributed by atoms with Crippen molar-refractivity contribution in [3.63, 3.8) is 0 Å². The van der Waals surface area contributed by atoms with E-state index in [-0.39, 0.29) is 18.0 Å². The Morgan fingerprint density at radius 2 is 1.15 bits per heavy atom. The van der Waals surface area contributed by atoms with Crippen LogP contribution < -0.4 is 9.47 Å². The van der Waals surface area contributed by atoms with Crippen LogP contribution in [0.15, 0.2) is 60.7 Å². The SMILES string of the molecule is CCCc1ccc(C(=O)Oc2ccc(OC(=O)c3ccc(CCC)cc3)c3c2CCC3=O)cc1. The van der Waals surface area contributed by atoms with E-state index in [1.54, 1.807) is 30.3 Å². The van der Waals surface area contributed by atoms with Gasteiger partial charge in [-0.2, -0.15) is 0 Å². The summed E-state index contributed by atoms with van der Waals surface area (Å²) in [7, 11) is 0. The van der Waals surface area contributed by atoms with E-state index in [4.69, 9.17) is 9.47 Å². The third kappa shape index (κ3) is 5.09. The summed E-state index contributed by atoms with van der Waals surface area (Å²) in [6.45, 7) is 4.21. The molecular weight excluding hydrogens is 428 g/mol. The Kier molecular flexibility index (Phi) is 7.21. The van der Waals surface area contributed by atoms with Gasteiger partial charge in [-0.15, -0.1) is 0 Å². The van der Waals surface area contributed by atoms with E-state index in [0.717, 1.165) is 36.8 Å². The lowest BCUT2D eigenvalue weighted by atomic mass is 10.1. The lowest BCUT2D eigenvalue weighted by Gasteiger charge is -2.13. The number of fused-ring (bicyclic) bond motifs is 1. The standard InChI is InChI=1S/C29H28O5/c1-3-5-19-7-11-21(12-8-19)28(31)33-25-17-18-26(27-23(25)15-16-24(27)30)34-29(32)22-13-9-20(6-4-2)10-14-22/h7-14,17-18H,3-6,15-16H2,1-2H3. The van der Waals surface area contributed by atoms with Gasteiger partial charge in [0.25, 0.3) is 0 Å². The number of carbonyl (C=O) groups is 3. The molecule has 0 spiro atoms. The molecule has 0 aliphatic heterocycles. The molecule has 34 heavy (non-hydrogen) atoms. The first kappa shape index (κ1) is 23.4. The number of benzene rings is 3. The molecule has 0 radical (unpaired) electrons. The van der Waals surface area contributed by atoms with Crippen LogP contribution in [0.2, 0.25) is 0 Å². The van der Waals surface area contributed by atoms with E-state index in [9.17, 15) is 14.4 Å². The van der Waals surface area contributed by atoms with Crippen molar-refractivity contribution in [2.75, 3.05) is 0 Å². The van der Waals surface area contributed by atoms with Gasteiger partial charge >= 0.3 is 11.9 Å². The van der Waals surface area contributed by atoms with E-state index >= 15 is 0 Å². The Morgan fingerprint density at radius 3 is 1.65 bits per heavy atom. The fourth-order valence-corrected chi connectivity index (χ4v) is 4.22. The Balaban J connectivity index is 1.53. The summed E-state index contributed by atoms with van der Waals surface area (Å²) in [4.78, 5) is 38.0. The van der Waals surface area contributed by atoms with Gasteiger partial charge in [0.1, 0.15) is 11.5 Å². The highest BCUT2D eigenvalue weighted by Crippen LogP contribution is 2.38. The Morgan fingerprint density at radius 1 is 0.676 bits per heavy atom. The normalized spacial score (nSPS) is 12.4. The van der Waals surface area contributed by atoms with Gasteiger partial charge in [0.2, 0.25) is 0 Å². The fourth-order valence-electron chi connectivity index (χ4n) is 4.22. The molecule has 174 valence electrons. The molecule has 0 fully saturated rings. The van der Waals surface area contributed by atoms with Gasteiger partial charge in [0.05, 0.1) is 16.7 Å². The second-order valence-corrected chi connectivity index (χ2v) is 8.51. The summed E-state index contributed by atoms with van der Waals surface area (Å²) in [5, 5.41) is 0. The molecule has 0 saturated carbocycles. The molecule has 5 heteroatoms. The largest absolute Gasteiger partial charge is 0.423 e. The molecule has 0 N–H and O–H groups in total. The highest BCUT2D eigenvalue weighted by atomic mass is 16.5. The summed E-state index contributed by atoms with van der Waals surface area (Å²) in [6.07, 6.45) is 4.67. The van der Waals surface area contributed by atoms with Crippen LogP contribution in [0.5, 0.6) is 11.5 Å². The molecule has 0 heterocycles. The maximum Gasteiger partial charge on any atom is 0.343 e. The molecule has 1 aliphatic carbocycles. The van der Waals surface area contributed by atoms with Gasteiger partial charge in [0, 0.05) is 12.0 Å². The van der Waals surface area contributed by atoms with Crippen LogP contribution in [0.3, 0.4) is 0 Å². The number of ketones is 1. The maximum absolute atomic E-state index is 12.7. The molecule has 0 aromatic heterocycles. The predicted molar refractivity (Wildman–Crippen MR) is 130 cm³/mol. The minimum atomic E-state index is -0.526. The van der Waals surface area contributed by atoms with E-state index in [2.05, 4.69) is 13.8 Å². The zero-order valence-electron chi connectivity index (χ0n) is 19.6. The number of hydrogen-bond acceptors (Lipinski definition) is 5.